The Hall–Kier alpha value is -1.94. The van der Waals surface area contributed by atoms with Crippen LogP contribution in [0.25, 0.3) is 0 Å². The van der Waals surface area contributed by atoms with E-state index in [1.165, 1.54) is 4.90 Å². The third-order valence-corrected chi connectivity index (χ3v) is 6.52. The second-order valence-electron chi connectivity index (χ2n) is 5.69. The lowest BCUT2D eigenvalue weighted by atomic mass is 10.2. The summed E-state index contributed by atoms with van der Waals surface area (Å²) in [5.74, 6) is 1.04. The molecule has 1 atom stereocenters. The molecule has 0 unspecified atom stereocenters. The number of sulfone groups is 1. The molecule has 130 valence electrons. The van der Waals surface area contributed by atoms with Gasteiger partial charge in [-0.2, -0.15) is 4.98 Å². The van der Waals surface area contributed by atoms with Gasteiger partial charge in [-0.05, 0) is 17.9 Å². The van der Waals surface area contributed by atoms with Crippen molar-refractivity contribution in [1.29, 1.82) is 0 Å². The fourth-order valence-corrected chi connectivity index (χ4v) is 4.99. The number of nitrogens with one attached hydrogen (secondary N) is 1. The van der Waals surface area contributed by atoms with Gasteiger partial charge in [-0.1, -0.05) is 11.2 Å². The maximum absolute atomic E-state index is 12.1. The Labute approximate surface area is 143 Å². The molecule has 1 N–H and O–H groups in total. The van der Waals surface area contributed by atoms with Crippen molar-refractivity contribution in [2.24, 2.45) is 0 Å². The summed E-state index contributed by atoms with van der Waals surface area (Å²) in [6.45, 7) is 0.135. The smallest absolute Gasteiger partial charge is 0.317 e. The molecule has 0 radical (unpaired) electrons. The third-order valence-electron chi connectivity index (χ3n) is 3.89. The largest absolute Gasteiger partial charge is 0.339 e. The highest BCUT2D eigenvalue weighted by Gasteiger charge is 2.32. The summed E-state index contributed by atoms with van der Waals surface area (Å²) in [6.07, 6.45) is 1.04. The van der Waals surface area contributed by atoms with Crippen LogP contribution in [-0.4, -0.2) is 54.1 Å². The van der Waals surface area contributed by atoms with Crippen LogP contribution < -0.4 is 5.32 Å². The molecule has 0 aromatic carbocycles. The molecule has 3 rings (SSSR count). The SMILES string of the molecule is CN(C(=O)NCc1noc(Cc2cccs2)n1)[C@@H]1CCS(=O)(=O)C1. The van der Waals surface area contributed by atoms with Gasteiger partial charge in [0.25, 0.3) is 0 Å². The number of aromatic nitrogens is 2. The Morgan fingerprint density at radius 2 is 2.38 bits per heavy atom. The Morgan fingerprint density at radius 1 is 1.54 bits per heavy atom. The first kappa shape index (κ1) is 16.9. The molecule has 0 bridgehead atoms. The monoisotopic (exact) mass is 370 g/mol. The van der Waals surface area contributed by atoms with E-state index in [-0.39, 0.29) is 30.1 Å². The predicted octanol–water partition coefficient (Wildman–Crippen LogP) is 1.05. The summed E-state index contributed by atoms with van der Waals surface area (Å²) < 4.78 is 28.1. The summed E-state index contributed by atoms with van der Waals surface area (Å²) in [5, 5.41) is 8.50. The van der Waals surface area contributed by atoms with Crippen LogP contribution in [0, 0.1) is 0 Å². The molecule has 0 aliphatic carbocycles. The number of thiophene rings is 1. The van der Waals surface area contributed by atoms with Gasteiger partial charge in [-0.3, -0.25) is 0 Å². The Morgan fingerprint density at radius 3 is 3.04 bits per heavy atom. The topological polar surface area (TPSA) is 105 Å². The van der Waals surface area contributed by atoms with Gasteiger partial charge in [0.15, 0.2) is 15.7 Å². The van der Waals surface area contributed by atoms with Crippen LogP contribution in [0.15, 0.2) is 22.0 Å². The minimum absolute atomic E-state index is 0.0179. The summed E-state index contributed by atoms with van der Waals surface area (Å²) >= 11 is 1.61. The number of nitrogens with zero attached hydrogens (tertiary/aromatic N) is 3. The van der Waals surface area contributed by atoms with Gasteiger partial charge in [0.2, 0.25) is 5.89 Å². The molecule has 2 aromatic heterocycles. The standard InChI is InChI=1S/C14H18N4O4S2/c1-18(10-4-6-24(20,21)9-10)14(19)15-8-12-16-13(22-17-12)7-11-3-2-5-23-11/h2-3,5,10H,4,6-9H2,1H3,(H,15,19)/t10-/m1/s1. The second kappa shape index (κ2) is 6.89. The number of amides is 2. The Balaban J connectivity index is 1.50. The molecule has 0 spiro atoms. The molecule has 2 aromatic rings. The highest BCUT2D eigenvalue weighted by molar-refractivity contribution is 7.91. The Bertz CT molecular complexity index is 801. The van der Waals surface area contributed by atoms with Gasteiger partial charge >= 0.3 is 6.03 Å². The summed E-state index contributed by atoms with van der Waals surface area (Å²) in [6, 6.07) is 3.31. The number of carbonyl (C=O) groups is 1. The van der Waals surface area contributed by atoms with Crippen molar-refractivity contribution < 1.29 is 17.7 Å². The van der Waals surface area contributed by atoms with E-state index >= 15 is 0 Å². The summed E-state index contributed by atoms with van der Waals surface area (Å²) in [7, 11) is -1.43. The first-order chi connectivity index (χ1) is 11.4. The molecule has 10 heteroatoms. The van der Waals surface area contributed by atoms with Crippen LogP contribution in [0.5, 0.6) is 0 Å². The third kappa shape index (κ3) is 4.12. The van der Waals surface area contributed by atoms with Crippen molar-refractivity contribution >= 4 is 27.2 Å². The molecular weight excluding hydrogens is 352 g/mol. The molecule has 1 aliphatic heterocycles. The van der Waals surface area contributed by atoms with Crippen molar-refractivity contribution in [3.63, 3.8) is 0 Å². The van der Waals surface area contributed by atoms with Crippen LogP contribution in [0.4, 0.5) is 4.79 Å². The van der Waals surface area contributed by atoms with Gasteiger partial charge < -0.3 is 14.7 Å². The highest BCUT2D eigenvalue weighted by atomic mass is 32.2. The molecule has 1 aliphatic rings. The van der Waals surface area contributed by atoms with Crippen molar-refractivity contribution in [2.45, 2.75) is 25.4 Å². The first-order valence-corrected chi connectivity index (χ1v) is 10.2. The minimum atomic E-state index is -3.02. The van der Waals surface area contributed by atoms with E-state index in [9.17, 15) is 13.2 Å². The van der Waals surface area contributed by atoms with E-state index in [1.807, 2.05) is 17.5 Å². The van der Waals surface area contributed by atoms with Gasteiger partial charge in [0.05, 0.1) is 24.5 Å². The van der Waals surface area contributed by atoms with Crippen molar-refractivity contribution in [3.05, 3.63) is 34.1 Å². The predicted molar refractivity (Wildman–Crippen MR) is 88.5 cm³/mol. The van der Waals surface area contributed by atoms with Crippen LogP contribution in [-0.2, 0) is 22.8 Å². The van der Waals surface area contributed by atoms with E-state index in [1.54, 1.807) is 18.4 Å². The summed E-state index contributed by atoms with van der Waals surface area (Å²) in [4.78, 5) is 18.9. The number of urea groups is 1. The summed E-state index contributed by atoms with van der Waals surface area (Å²) in [5.41, 5.74) is 0. The van der Waals surface area contributed by atoms with Crippen LogP contribution >= 0.6 is 11.3 Å². The zero-order valence-electron chi connectivity index (χ0n) is 13.1. The van der Waals surface area contributed by atoms with Crippen molar-refractivity contribution in [3.8, 4) is 0 Å². The molecule has 24 heavy (non-hydrogen) atoms. The van der Waals surface area contributed by atoms with E-state index < -0.39 is 9.84 Å². The molecule has 3 heterocycles. The number of rotatable bonds is 5. The van der Waals surface area contributed by atoms with Crippen LogP contribution in [0.3, 0.4) is 0 Å². The zero-order chi connectivity index (χ0) is 17.2. The molecule has 2 amide bonds. The van der Waals surface area contributed by atoms with Crippen LogP contribution in [0.2, 0.25) is 0 Å². The van der Waals surface area contributed by atoms with Gasteiger partial charge in [0, 0.05) is 18.0 Å². The second-order valence-corrected chi connectivity index (χ2v) is 8.95. The molecule has 1 saturated heterocycles. The van der Waals surface area contributed by atoms with Crippen LogP contribution in [0.1, 0.15) is 23.0 Å². The van der Waals surface area contributed by atoms with Gasteiger partial charge in [0.1, 0.15) is 0 Å². The molecular formula is C14H18N4O4S2. The normalized spacial score (nSPS) is 19.3. The lowest BCUT2D eigenvalue weighted by Crippen LogP contribution is -2.44. The van der Waals surface area contributed by atoms with E-state index in [2.05, 4.69) is 15.5 Å². The van der Waals surface area contributed by atoms with E-state index in [4.69, 9.17) is 4.52 Å². The van der Waals surface area contributed by atoms with E-state index in [0.29, 0.717) is 24.6 Å². The van der Waals surface area contributed by atoms with Gasteiger partial charge in [-0.25, -0.2) is 13.2 Å². The highest BCUT2D eigenvalue weighted by Crippen LogP contribution is 2.16. The maximum Gasteiger partial charge on any atom is 0.317 e. The molecule has 1 fully saturated rings. The number of hydrogen-bond acceptors (Lipinski definition) is 7. The Kier molecular flexibility index (Phi) is 4.86. The molecule has 0 saturated carbocycles. The molecule has 8 nitrogen and oxygen atoms in total. The average Bonchev–Trinajstić information content (AvgIpc) is 3.26. The van der Waals surface area contributed by atoms with E-state index in [0.717, 1.165) is 4.88 Å². The zero-order valence-corrected chi connectivity index (χ0v) is 14.8. The fourth-order valence-electron chi connectivity index (χ4n) is 2.52. The van der Waals surface area contributed by atoms with Gasteiger partial charge in [-0.15, -0.1) is 11.3 Å². The minimum Gasteiger partial charge on any atom is -0.339 e. The first-order valence-electron chi connectivity index (χ1n) is 7.48. The maximum atomic E-state index is 12.1. The number of carbonyl (C=O) groups excluding carboxylic acids is 1. The number of hydrogen-bond donors (Lipinski definition) is 1. The quantitative estimate of drug-likeness (QED) is 0.843. The average molecular weight is 370 g/mol. The fraction of sp³-hybridized carbons (Fsp3) is 0.500. The lowest BCUT2D eigenvalue weighted by molar-refractivity contribution is 0.194. The lowest BCUT2D eigenvalue weighted by Gasteiger charge is -2.23. The van der Waals surface area contributed by atoms with Crippen molar-refractivity contribution in [1.82, 2.24) is 20.4 Å². The van der Waals surface area contributed by atoms with Crippen molar-refractivity contribution in [2.75, 3.05) is 18.6 Å².